The molecule has 0 spiro atoms. The minimum absolute atomic E-state index is 0.0631. The zero-order valence-electron chi connectivity index (χ0n) is 25.0. The number of aliphatic hydroxyl groups excluding tert-OH is 1. The number of fused-ring (bicyclic) bond motifs is 1. The maximum absolute atomic E-state index is 13.5. The fraction of sp³-hybridized carbons (Fsp3) is 0.355. The SMILES string of the molecule is COc1ccc(NC(=O)Nc2ccc3c(c2)CC(=O)N([C@@H](C)CO)C[C@@H](C)[C@H](CN(C)S(=O)(=O)c2ccc(F)cc2)O3)cc1. The van der Waals surface area contributed by atoms with Crippen LogP contribution in [-0.4, -0.2) is 80.7 Å². The summed E-state index contributed by atoms with van der Waals surface area (Å²) in [6.45, 7) is 3.45. The Morgan fingerprint density at radius 2 is 1.75 bits per heavy atom. The van der Waals surface area contributed by atoms with Crippen molar-refractivity contribution < 1.29 is 37.0 Å². The molecule has 0 saturated carbocycles. The molecule has 3 aromatic rings. The summed E-state index contributed by atoms with van der Waals surface area (Å²) in [6, 6.07) is 15.3. The second-order valence-corrected chi connectivity index (χ2v) is 12.8. The van der Waals surface area contributed by atoms with Gasteiger partial charge in [0, 0.05) is 36.4 Å². The van der Waals surface area contributed by atoms with Crippen LogP contribution in [0.15, 0.2) is 71.6 Å². The largest absolute Gasteiger partial charge is 0.497 e. The average Bonchev–Trinajstić information content (AvgIpc) is 3.04. The number of carbonyl (C=O) groups is 2. The molecule has 0 radical (unpaired) electrons. The van der Waals surface area contributed by atoms with Crippen molar-refractivity contribution in [3.8, 4) is 11.5 Å². The van der Waals surface area contributed by atoms with Gasteiger partial charge in [0.2, 0.25) is 15.9 Å². The smallest absolute Gasteiger partial charge is 0.323 e. The number of nitrogens with zero attached hydrogens (tertiary/aromatic N) is 2. The van der Waals surface area contributed by atoms with Crippen molar-refractivity contribution in [2.24, 2.45) is 5.92 Å². The molecule has 0 aromatic heterocycles. The monoisotopic (exact) mass is 628 g/mol. The first-order valence-corrected chi connectivity index (χ1v) is 15.5. The summed E-state index contributed by atoms with van der Waals surface area (Å²) in [5.41, 5.74) is 1.44. The molecular formula is C31H37FN4O7S. The van der Waals surface area contributed by atoms with Crippen molar-refractivity contribution in [2.45, 2.75) is 37.3 Å². The van der Waals surface area contributed by atoms with Crippen molar-refractivity contribution in [3.63, 3.8) is 0 Å². The van der Waals surface area contributed by atoms with Gasteiger partial charge in [-0.3, -0.25) is 4.79 Å². The number of methoxy groups -OCH3 is 1. The molecular weight excluding hydrogens is 591 g/mol. The molecule has 4 rings (SSSR count). The topological polar surface area (TPSA) is 138 Å². The molecule has 1 aliphatic heterocycles. The fourth-order valence-electron chi connectivity index (χ4n) is 4.83. The van der Waals surface area contributed by atoms with Crippen LogP contribution in [-0.2, 0) is 21.2 Å². The second-order valence-electron chi connectivity index (χ2n) is 10.8. The molecule has 44 heavy (non-hydrogen) atoms. The molecule has 1 aliphatic rings. The first-order valence-electron chi connectivity index (χ1n) is 14.0. The van der Waals surface area contributed by atoms with Crippen LogP contribution in [0.5, 0.6) is 11.5 Å². The molecule has 3 atom stereocenters. The maximum Gasteiger partial charge on any atom is 0.323 e. The molecule has 0 fully saturated rings. The first-order chi connectivity index (χ1) is 20.9. The maximum atomic E-state index is 13.5. The summed E-state index contributed by atoms with van der Waals surface area (Å²) in [4.78, 5) is 27.7. The Bertz CT molecular complexity index is 1570. The molecule has 236 valence electrons. The van der Waals surface area contributed by atoms with E-state index in [2.05, 4.69) is 10.6 Å². The van der Waals surface area contributed by atoms with E-state index in [1.165, 1.54) is 19.2 Å². The van der Waals surface area contributed by atoms with Crippen LogP contribution in [0, 0.1) is 11.7 Å². The van der Waals surface area contributed by atoms with Gasteiger partial charge in [-0.1, -0.05) is 6.92 Å². The van der Waals surface area contributed by atoms with Crippen LogP contribution in [0.25, 0.3) is 0 Å². The Labute approximate surface area is 256 Å². The number of aliphatic hydroxyl groups is 1. The summed E-state index contributed by atoms with van der Waals surface area (Å²) in [6.07, 6.45) is -0.774. The summed E-state index contributed by atoms with van der Waals surface area (Å²) in [5, 5.41) is 15.4. The van der Waals surface area contributed by atoms with E-state index in [0.29, 0.717) is 28.4 Å². The Kier molecular flexibility index (Phi) is 10.4. The fourth-order valence-corrected chi connectivity index (χ4v) is 6.01. The lowest BCUT2D eigenvalue weighted by Crippen LogP contribution is -2.48. The number of anilines is 2. The minimum Gasteiger partial charge on any atom is -0.497 e. The second kappa shape index (κ2) is 14.1. The van der Waals surface area contributed by atoms with Crippen LogP contribution >= 0.6 is 0 Å². The Hall–Kier alpha value is -4.20. The first kappa shape index (κ1) is 32.7. The Morgan fingerprint density at radius 3 is 2.39 bits per heavy atom. The highest BCUT2D eigenvalue weighted by atomic mass is 32.2. The number of amides is 3. The van der Waals surface area contributed by atoms with E-state index in [-0.39, 0.29) is 42.8 Å². The Balaban J connectivity index is 1.60. The highest BCUT2D eigenvalue weighted by molar-refractivity contribution is 7.89. The molecule has 0 aliphatic carbocycles. The van der Waals surface area contributed by atoms with Gasteiger partial charge in [-0.15, -0.1) is 0 Å². The molecule has 0 bridgehead atoms. The van der Waals surface area contributed by atoms with Crippen LogP contribution in [0.2, 0.25) is 0 Å². The number of sulfonamides is 1. The van der Waals surface area contributed by atoms with Gasteiger partial charge >= 0.3 is 6.03 Å². The van der Waals surface area contributed by atoms with Crippen molar-refractivity contribution in [1.82, 2.24) is 9.21 Å². The molecule has 0 unspecified atom stereocenters. The molecule has 11 nitrogen and oxygen atoms in total. The van der Waals surface area contributed by atoms with Gasteiger partial charge in [0.05, 0.1) is 37.6 Å². The lowest BCUT2D eigenvalue weighted by molar-refractivity contribution is -0.134. The van der Waals surface area contributed by atoms with Gasteiger partial charge < -0.3 is 30.1 Å². The van der Waals surface area contributed by atoms with Crippen LogP contribution in [0.3, 0.4) is 0 Å². The number of benzene rings is 3. The molecule has 1 heterocycles. The van der Waals surface area contributed by atoms with E-state index >= 15 is 0 Å². The van der Waals surface area contributed by atoms with Gasteiger partial charge in [0.15, 0.2) is 0 Å². The van der Waals surface area contributed by atoms with Gasteiger partial charge in [-0.25, -0.2) is 17.6 Å². The predicted octanol–water partition coefficient (Wildman–Crippen LogP) is 3.95. The van der Waals surface area contributed by atoms with Gasteiger partial charge in [-0.2, -0.15) is 4.31 Å². The normalized spacial score (nSPS) is 17.9. The molecule has 3 amide bonds. The quantitative estimate of drug-likeness (QED) is 0.326. The minimum atomic E-state index is -3.98. The number of carbonyl (C=O) groups excluding carboxylic acids is 2. The number of rotatable bonds is 9. The summed E-state index contributed by atoms with van der Waals surface area (Å²) >= 11 is 0. The third-order valence-electron chi connectivity index (χ3n) is 7.48. The third-order valence-corrected chi connectivity index (χ3v) is 9.32. The van der Waals surface area contributed by atoms with Crippen molar-refractivity contribution in [2.75, 3.05) is 44.5 Å². The molecule has 0 saturated heterocycles. The predicted molar refractivity (Wildman–Crippen MR) is 164 cm³/mol. The number of urea groups is 1. The van der Waals surface area contributed by atoms with Crippen LogP contribution < -0.4 is 20.1 Å². The van der Waals surface area contributed by atoms with Gasteiger partial charge in [0.1, 0.15) is 23.4 Å². The molecule has 3 aromatic carbocycles. The van der Waals surface area contributed by atoms with Gasteiger partial charge in [0.25, 0.3) is 0 Å². The van der Waals surface area contributed by atoms with Crippen molar-refractivity contribution in [3.05, 3.63) is 78.1 Å². The molecule has 13 heteroatoms. The number of likely N-dealkylation sites (N-methyl/N-ethyl adjacent to an activating group) is 1. The number of hydrogen-bond acceptors (Lipinski definition) is 7. The lowest BCUT2D eigenvalue weighted by Gasteiger charge is -2.33. The van der Waals surface area contributed by atoms with E-state index in [9.17, 15) is 27.5 Å². The van der Waals surface area contributed by atoms with Crippen molar-refractivity contribution in [1.29, 1.82) is 0 Å². The summed E-state index contributed by atoms with van der Waals surface area (Å²) in [7, 11) is -1.02. The number of halogens is 1. The summed E-state index contributed by atoms with van der Waals surface area (Å²) in [5.74, 6) is -0.142. The average molecular weight is 629 g/mol. The van der Waals surface area contributed by atoms with Crippen molar-refractivity contribution >= 4 is 33.3 Å². The van der Waals surface area contributed by atoms with E-state index in [0.717, 1.165) is 16.4 Å². The Morgan fingerprint density at radius 1 is 1.11 bits per heavy atom. The van der Waals surface area contributed by atoms with E-state index in [1.54, 1.807) is 61.4 Å². The van der Waals surface area contributed by atoms with Crippen LogP contribution in [0.1, 0.15) is 19.4 Å². The molecule has 3 N–H and O–H groups in total. The third kappa shape index (κ3) is 7.84. The zero-order valence-corrected chi connectivity index (χ0v) is 25.8. The van der Waals surface area contributed by atoms with E-state index in [1.807, 2.05) is 6.92 Å². The van der Waals surface area contributed by atoms with E-state index in [4.69, 9.17) is 9.47 Å². The number of nitrogens with one attached hydrogen (secondary N) is 2. The summed E-state index contributed by atoms with van der Waals surface area (Å²) < 4.78 is 52.6. The zero-order chi connectivity index (χ0) is 32.0. The number of ether oxygens (including phenoxy) is 2. The highest BCUT2D eigenvalue weighted by Crippen LogP contribution is 2.30. The van der Waals surface area contributed by atoms with E-state index < -0.39 is 34.0 Å². The highest BCUT2D eigenvalue weighted by Gasteiger charge is 2.33. The van der Waals surface area contributed by atoms with Crippen LogP contribution in [0.4, 0.5) is 20.6 Å². The van der Waals surface area contributed by atoms with Gasteiger partial charge in [-0.05, 0) is 73.7 Å². The standard InChI is InChI=1S/C31H37FN4O7S/c1-20-17-36(21(2)19-37)30(38)16-22-15-25(34-31(39)33-24-7-10-26(42-4)11-8-24)9-14-28(22)43-29(20)18-35(3)44(40,41)27-12-5-23(32)6-13-27/h5-15,20-21,29,37H,16-19H2,1-4H3,(H2,33,34,39)/t20-,21+,29+/m1/s1. The lowest BCUT2D eigenvalue weighted by atomic mass is 10.0. The number of hydrogen-bond donors (Lipinski definition) is 3.